The summed E-state index contributed by atoms with van der Waals surface area (Å²) in [5, 5.41) is 15.5. The molecule has 0 amide bonds. The van der Waals surface area contributed by atoms with E-state index in [0.29, 0.717) is 0 Å². The topological polar surface area (TPSA) is 239 Å². The first-order valence-electron chi connectivity index (χ1n) is 0.365. The first kappa shape index (κ1) is 157. The van der Waals surface area contributed by atoms with Gasteiger partial charge in [0.1, 0.15) is 0 Å². The van der Waals surface area contributed by atoms with Crippen molar-refractivity contribution >= 4 is 0 Å². The Kier molecular flexibility index (Phi) is 3740. The van der Waals surface area contributed by atoms with Crippen LogP contribution in [0, 0.1) is 0 Å². The Balaban J connectivity index is -0.000000000714. The van der Waals surface area contributed by atoms with Crippen molar-refractivity contribution in [3.05, 3.63) is 0 Å². The van der Waals surface area contributed by atoms with E-state index in [2.05, 4.69) is 5.04 Å². The van der Waals surface area contributed by atoms with E-state index >= 15 is 0 Å². The Morgan fingerprint density at radius 1 is 0.545 bits per heavy atom. The molecule has 0 aromatic rings. The summed E-state index contributed by atoms with van der Waals surface area (Å²) in [4.78, 5) is 0. The second-order valence-corrected chi connectivity index (χ2v) is 0.0816. The molecule has 0 heterocycles. The van der Waals surface area contributed by atoms with Gasteiger partial charge in [0.05, 0.1) is 0 Å². The summed E-state index contributed by atoms with van der Waals surface area (Å²) in [6, 6.07) is 0. The zero-order chi connectivity index (χ0) is 2.71. The Labute approximate surface area is 91.8 Å². The monoisotopic (exact) mass is 254 g/mol. The molecule has 0 aromatic heterocycles. The summed E-state index contributed by atoms with van der Waals surface area (Å²) < 4.78 is 0. The van der Waals surface area contributed by atoms with Crippen LogP contribution in [-0.2, 0) is 48.5 Å². The maximum atomic E-state index is 6.62. The Bertz CT molecular complexity index is 7.52. The standard InChI is InChI=1S/H2O3.6H2O.2Ti/c1-3-2;;;;;;;;/h1-2H;6*1H2;;. The van der Waals surface area contributed by atoms with Crippen molar-refractivity contribution in [3.8, 4) is 0 Å². The molecule has 0 unspecified atom stereocenters. The van der Waals surface area contributed by atoms with Crippen molar-refractivity contribution in [1.82, 2.24) is 0 Å². The molecule has 76 valence electrons. The summed E-state index contributed by atoms with van der Waals surface area (Å²) in [7, 11) is 0. The van der Waals surface area contributed by atoms with E-state index in [1.807, 2.05) is 0 Å². The van der Waals surface area contributed by atoms with E-state index in [-0.39, 0.29) is 76.3 Å². The molecule has 0 radical (unpaired) electrons. The van der Waals surface area contributed by atoms with Crippen LogP contribution in [0.2, 0.25) is 0 Å². The van der Waals surface area contributed by atoms with Gasteiger partial charge in [0, 0.05) is 43.4 Å². The zero-order valence-electron chi connectivity index (χ0n) is 5.30. The van der Waals surface area contributed by atoms with Gasteiger partial charge in [-0.3, -0.25) is 0 Å². The minimum atomic E-state index is 0. The van der Waals surface area contributed by atoms with Gasteiger partial charge in [0.15, 0.2) is 0 Å². The van der Waals surface area contributed by atoms with Crippen LogP contribution in [0.4, 0.5) is 0 Å². The third-order valence-corrected chi connectivity index (χ3v) is 0. The SMILES string of the molecule is O.O.O.O.O.O.OOO.[Ti].[Ti]. The van der Waals surface area contributed by atoms with Gasteiger partial charge < -0.3 is 32.9 Å². The third-order valence-electron chi connectivity index (χ3n) is 0. The van der Waals surface area contributed by atoms with Gasteiger partial charge in [-0.2, -0.15) is 0 Å². The molecule has 0 atom stereocenters. The van der Waals surface area contributed by atoms with Crippen molar-refractivity contribution < 1.29 is 91.8 Å². The molecular formula is H14O9Ti2. The molecule has 0 fully saturated rings. The van der Waals surface area contributed by atoms with Gasteiger partial charge in [-0.05, 0) is 0 Å². The molecular weight excluding hydrogens is 240 g/mol. The normalized spacial score (nSPS) is 1.64. The van der Waals surface area contributed by atoms with Crippen molar-refractivity contribution in [2.24, 2.45) is 0 Å². The van der Waals surface area contributed by atoms with Gasteiger partial charge in [-0.1, -0.05) is 5.04 Å². The third kappa shape index (κ3) is 797. The van der Waals surface area contributed by atoms with Crippen LogP contribution in [0.5, 0.6) is 0 Å². The average Bonchev–Trinajstić information content (AvgIpc) is 0.918. The van der Waals surface area contributed by atoms with Crippen LogP contribution in [0.25, 0.3) is 0 Å². The summed E-state index contributed by atoms with van der Waals surface area (Å²) >= 11 is 0. The van der Waals surface area contributed by atoms with E-state index in [9.17, 15) is 0 Å². The summed E-state index contributed by atoms with van der Waals surface area (Å²) in [6.45, 7) is 0. The molecule has 14 N–H and O–H groups in total. The van der Waals surface area contributed by atoms with E-state index in [1.165, 1.54) is 0 Å². The smallest absolute Gasteiger partial charge is 0 e. The summed E-state index contributed by atoms with van der Waals surface area (Å²) in [6.07, 6.45) is 0. The van der Waals surface area contributed by atoms with Crippen molar-refractivity contribution in [2.45, 2.75) is 0 Å². The molecule has 0 saturated heterocycles. The molecule has 9 nitrogen and oxygen atoms in total. The van der Waals surface area contributed by atoms with Gasteiger partial charge in [0.2, 0.25) is 0 Å². The van der Waals surface area contributed by atoms with Gasteiger partial charge in [-0.15, -0.1) is 0 Å². The fourth-order valence-corrected chi connectivity index (χ4v) is 0. The fourth-order valence-electron chi connectivity index (χ4n) is 0. The van der Waals surface area contributed by atoms with E-state index in [0.717, 1.165) is 0 Å². The first-order chi connectivity index (χ1) is 1.41. The molecule has 0 aliphatic heterocycles. The second kappa shape index (κ2) is 262. The van der Waals surface area contributed by atoms with Crippen LogP contribution in [0.3, 0.4) is 0 Å². The van der Waals surface area contributed by atoms with Crippen LogP contribution in [0.1, 0.15) is 0 Å². The molecule has 0 bridgehead atoms. The van der Waals surface area contributed by atoms with Crippen LogP contribution < -0.4 is 0 Å². The van der Waals surface area contributed by atoms with Crippen molar-refractivity contribution in [1.29, 1.82) is 0 Å². The van der Waals surface area contributed by atoms with E-state index in [4.69, 9.17) is 10.5 Å². The molecule has 0 aliphatic carbocycles. The molecule has 0 aliphatic rings. The number of hydrogen-bond acceptors (Lipinski definition) is 3. The summed E-state index contributed by atoms with van der Waals surface area (Å²) in [5.74, 6) is 0. The fraction of sp³-hybridized carbons (Fsp3) is 0. The van der Waals surface area contributed by atoms with E-state index in [1.54, 1.807) is 0 Å². The quantitative estimate of drug-likeness (QED) is 0.245. The van der Waals surface area contributed by atoms with Gasteiger partial charge >= 0.3 is 0 Å². The minimum absolute atomic E-state index is 0. The van der Waals surface area contributed by atoms with Crippen LogP contribution in [0.15, 0.2) is 0 Å². The van der Waals surface area contributed by atoms with E-state index < -0.39 is 0 Å². The Morgan fingerprint density at radius 3 is 0.545 bits per heavy atom. The van der Waals surface area contributed by atoms with Crippen LogP contribution >= 0.6 is 0 Å². The second-order valence-electron chi connectivity index (χ2n) is 0.0816. The molecule has 11 heavy (non-hydrogen) atoms. The molecule has 0 saturated carbocycles. The maximum absolute atomic E-state index is 6.62. The van der Waals surface area contributed by atoms with Gasteiger partial charge in [-0.25, -0.2) is 10.5 Å². The first-order valence-corrected chi connectivity index (χ1v) is 0.365. The average molecular weight is 254 g/mol. The van der Waals surface area contributed by atoms with Crippen molar-refractivity contribution in [3.63, 3.8) is 0 Å². The number of rotatable bonds is 0. The Hall–Kier alpha value is 1.07. The predicted molar refractivity (Wildman–Crippen MR) is 28.0 cm³/mol. The number of hydrogen-bond donors (Lipinski definition) is 2. The molecule has 0 rings (SSSR count). The van der Waals surface area contributed by atoms with Crippen molar-refractivity contribution in [2.75, 3.05) is 0 Å². The molecule has 0 aromatic carbocycles. The molecule has 0 spiro atoms. The largest absolute Gasteiger partial charge is 0.412 e. The predicted octanol–water partition coefficient (Wildman–Crippen LogP) is -5.00. The summed E-state index contributed by atoms with van der Waals surface area (Å²) in [5.41, 5.74) is 0. The van der Waals surface area contributed by atoms with Crippen LogP contribution in [-0.4, -0.2) is 43.4 Å². The maximum Gasteiger partial charge on any atom is 0 e. The van der Waals surface area contributed by atoms with Gasteiger partial charge in [0.25, 0.3) is 0 Å². The minimum Gasteiger partial charge on any atom is -0.412 e. The molecule has 11 heteroatoms. The zero-order valence-corrected chi connectivity index (χ0v) is 8.43. The Morgan fingerprint density at radius 2 is 0.545 bits per heavy atom.